The molecule has 0 amide bonds. The highest BCUT2D eigenvalue weighted by molar-refractivity contribution is 7.89. The molecule has 9 heteroatoms. The number of nitrogens with one attached hydrogen (secondary N) is 1. The molecule has 0 atom stereocenters. The van der Waals surface area contributed by atoms with Crippen LogP contribution in [0.3, 0.4) is 0 Å². The number of hydrogen-bond donors (Lipinski definition) is 1. The summed E-state index contributed by atoms with van der Waals surface area (Å²) in [7, 11) is -2.25. The van der Waals surface area contributed by atoms with Gasteiger partial charge < -0.3 is 9.64 Å². The van der Waals surface area contributed by atoms with E-state index in [0.717, 1.165) is 31.7 Å². The van der Waals surface area contributed by atoms with Gasteiger partial charge >= 0.3 is 0 Å². The number of halogens is 1. The number of rotatable bonds is 6. The number of piperidine rings is 1. The van der Waals surface area contributed by atoms with Crippen molar-refractivity contribution in [2.75, 3.05) is 25.1 Å². The molecule has 3 rings (SSSR count). The van der Waals surface area contributed by atoms with Gasteiger partial charge in [0.25, 0.3) is 0 Å². The van der Waals surface area contributed by atoms with Gasteiger partial charge in [0.2, 0.25) is 10.0 Å². The minimum atomic E-state index is -3.73. The number of anilines is 1. The molecule has 7 nitrogen and oxygen atoms in total. The normalized spacial score (nSPS) is 15.1. The predicted octanol–water partition coefficient (Wildman–Crippen LogP) is 2.61. The number of nitrogens with zero attached hydrogens (tertiary/aromatic N) is 3. The monoisotopic (exact) mass is 396 g/mol. The molecule has 140 valence electrons. The molecule has 2 heterocycles. The van der Waals surface area contributed by atoms with Crippen molar-refractivity contribution in [1.82, 2.24) is 14.7 Å². The molecule has 1 fully saturated rings. The van der Waals surface area contributed by atoms with Crippen molar-refractivity contribution < 1.29 is 13.2 Å². The number of ether oxygens (including phenoxy) is 1. The van der Waals surface area contributed by atoms with E-state index < -0.39 is 10.0 Å². The van der Waals surface area contributed by atoms with E-state index in [4.69, 9.17) is 16.3 Å². The first-order chi connectivity index (χ1) is 12.5. The lowest BCUT2D eigenvalue weighted by atomic mass is 10.1. The van der Waals surface area contributed by atoms with Crippen molar-refractivity contribution in [3.05, 3.63) is 41.3 Å². The summed E-state index contributed by atoms with van der Waals surface area (Å²) in [5.74, 6) is 1.68. The SMILES string of the molecule is COc1ccc(S(=O)(=O)NCc2nccc(N3CCCCC3)n2)cc1Cl. The molecule has 0 aliphatic carbocycles. The van der Waals surface area contributed by atoms with Gasteiger partial charge in [0.05, 0.1) is 23.6 Å². The van der Waals surface area contributed by atoms with Crippen LogP contribution in [-0.2, 0) is 16.6 Å². The van der Waals surface area contributed by atoms with Crippen molar-refractivity contribution in [3.8, 4) is 5.75 Å². The lowest BCUT2D eigenvalue weighted by Gasteiger charge is -2.27. The highest BCUT2D eigenvalue weighted by Crippen LogP contribution is 2.26. The molecule has 1 saturated heterocycles. The van der Waals surface area contributed by atoms with Crippen LogP contribution in [0.25, 0.3) is 0 Å². The summed E-state index contributed by atoms with van der Waals surface area (Å²) in [5.41, 5.74) is 0. The number of aromatic nitrogens is 2. The van der Waals surface area contributed by atoms with Gasteiger partial charge in [-0.2, -0.15) is 0 Å². The molecule has 1 aromatic carbocycles. The third kappa shape index (κ3) is 4.44. The van der Waals surface area contributed by atoms with Crippen LogP contribution in [0.2, 0.25) is 5.02 Å². The van der Waals surface area contributed by atoms with E-state index in [0.29, 0.717) is 11.6 Å². The van der Waals surface area contributed by atoms with E-state index >= 15 is 0 Å². The molecular formula is C17H21ClN4O3S. The van der Waals surface area contributed by atoms with Gasteiger partial charge in [0, 0.05) is 19.3 Å². The zero-order valence-electron chi connectivity index (χ0n) is 14.5. The number of benzene rings is 1. The third-order valence-corrected chi connectivity index (χ3v) is 5.92. The summed E-state index contributed by atoms with van der Waals surface area (Å²) in [4.78, 5) is 10.9. The summed E-state index contributed by atoms with van der Waals surface area (Å²) < 4.78 is 32.5. The van der Waals surface area contributed by atoms with Gasteiger partial charge in [-0.15, -0.1) is 0 Å². The van der Waals surface area contributed by atoms with Gasteiger partial charge in [-0.05, 0) is 43.5 Å². The Balaban J connectivity index is 1.70. The molecule has 0 spiro atoms. The van der Waals surface area contributed by atoms with Crippen LogP contribution in [0.15, 0.2) is 35.4 Å². The molecule has 0 unspecified atom stereocenters. The second kappa shape index (κ2) is 8.20. The Kier molecular flexibility index (Phi) is 5.95. The summed E-state index contributed by atoms with van der Waals surface area (Å²) >= 11 is 6.01. The third-order valence-electron chi connectivity index (χ3n) is 4.22. The van der Waals surface area contributed by atoms with Crippen molar-refractivity contribution in [2.45, 2.75) is 30.7 Å². The van der Waals surface area contributed by atoms with Gasteiger partial charge in [0.15, 0.2) is 0 Å². The Morgan fingerprint density at radius 3 is 2.69 bits per heavy atom. The fourth-order valence-electron chi connectivity index (χ4n) is 2.83. The molecular weight excluding hydrogens is 376 g/mol. The summed E-state index contributed by atoms with van der Waals surface area (Å²) in [6.07, 6.45) is 5.18. The highest BCUT2D eigenvalue weighted by Gasteiger charge is 2.17. The quantitative estimate of drug-likeness (QED) is 0.807. The van der Waals surface area contributed by atoms with Crippen LogP contribution in [0.1, 0.15) is 25.1 Å². The maximum Gasteiger partial charge on any atom is 0.241 e. The standard InChI is InChI=1S/C17H21ClN4O3S/c1-25-15-6-5-13(11-14(15)18)26(23,24)20-12-16-19-8-7-17(21-16)22-9-3-2-4-10-22/h5-8,11,20H,2-4,9-10,12H2,1H3. The molecule has 1 N–H and O–H groups in total. The molecule has 0 bridgehead atoms. The molecule has 1 aliphatic heterocycles. The van der Waals surface area contributed by atoms with Crippen molar-refractivity contribution in [2.24, 2.45) is 0 Å². The predicted molar refractivity (Wildman–Crippen MR) is 100 cm³/mol. The number of methoxy groups -OCH3 is 1. The van der Waals surface area contributed by atoms with Gasteiger partial charge in [-0.25, -0.2) is 23.1 Å². The summed E-state index contributed by atoms with van der Waals surface area (Å²) in [5, 5.41) is 0.235. The van der Waals surface area contributed by atoms with Crippen molar-refractivity contribution >= 4 is 27.4 Å². The smallest absolute Gasteiger partial charge is 0.241 e. The minimum absolute atomic E-state index is 0.00760. The van der Waals surface area contributed by atoms with Crippen LogP contribution in [-0.4, -0.2) is 38.6 Å². The van der Waals surface area contributed by atoms with E-state index in [2.05, 4.69) is 19.6 Å². The number of sulfonamides is 1. The topological polar surface area (TPSA) is 84.4 Å². The zero-order chi connectivity index (χ0) is 18.6. The maximum atomic E-state index is 12.5. The Bertz CT molecular complexity index is 870. The molecule has 0 saturated carbocycles. The fourth-order valence-corrected chi connectivity index (χ4v) is 4.16. The first kappa shape index (κ1) is 18.9. The highest BCUT2D eigenvalue weighted by atomic mass is 35.5. The van der Waals surface area contributed by atoms with Crippen LogP contribution in [0.5, 0.6) is 5.75 Å². The first-order valence-electron chi connectivity index (χ1n) is 8.40. The van der Waals surface area contributed by atoms with E-state index in [1.165, 1.54) is 31.7 Å². The summed E-state index contributed by atoms with van der Waals surface area (Å²) in [6, 6.07) is 6.17. The average molecular weight is 397 g/mol. The molecule has 0 radical (unpaired) electrons. The van der Waals surface area contributed by atoms with E-state index in [-0.39, 0.29) is 16.5 Å². The Morgan fingerprint density at radius 1 is 1.23 bits per heavy atom. The minimum Gasteiger partial charge on any atom is -0.495 e. The van der Waals surface area contributed by atoms with Crippen LogP contribution >= 0.6 is 11.6 Å². The van der Waals surface area contributed by atoms with E-state index in [1.807, 2.05) is 6.07 Å². The second-order valence-corrected chi connectivity index (χ2v) is 8.17. The lowest BCUT2D eigenvalue weighted by Crippen LogP contribution is -2.31. The fraction of sp³-hybridized carbons (Fsp3) is 0.412. The summed E-state index contributed by atoms with van der Waals surface area (Å²) in [6.45, 7) is 1.94. The second-order valence-electron chi connectivity index (χ2n) is 6.00. The number of hydrogen-bond acceptors (Lipinski definition) is 6. The van der Waals surface area contributed by atoms with Crippen LogP contribution in [0.4, 0.5) is 5.82 Å². The zero-order valence-corrected chi connectivity index (χ0v) is 16.1. The molecule has 1 aromatic heterocycles. The Hall–Kier alpha value is -1.90. The molecule has 26 heavy (non-hydrogen) atoms. The molecule has 1 aliphatic rings. The van der Waals surface area contributed by atoms with Gasteiger partial charge in [-0.1, -0.05) is 11.6 Å². The Labute approximate surface area is 158 Å². The maximum absolute atomic E-state index is 12.5. The Morgan fingerprint density at radius 2 is 2.00 bits per heavy atom. The first-order valence-corrected chi connectivity index (χ1v) is 10.3. The average Bonchev–Trinajstić information content (AvgIpc) is 2.67. The van der Waals surface area contributed by atoms with Crippen LogP contribution in [0, 0.1) is 0 Å². The van der Waals surface area contributed by atoms with E-state index in [1.54, 1.807) is 6.20 Å². The van der Waals surface area contributed by atoms with Gasteiger partial charge in [0.1, 0.15) is 17.4 Å². The van der Waals surface area contributed by atoms with Crippen molar-refractivity contribution in [1.29, 1.82) is 0 Å². The molecule has 2 aromatic rings. The van der Waals surface area contributed by atoms with Crippen molar-refractivity contribution in [3.63, 3.8) is 0 Å². The van der Waals surface area contributed by atoms with Gasteiger partial charge in [-0.3, -0.25) is 0 Å². The van der Waals surface area contributed by atoms with E-state index in [9.17, 15) is 8.42 Å². The lowest BCUT2D eigenvalue weighted by molar-refractivity contribution is 0.414. The largest absolute Gasteiger partial charge is 0.495 e. The van der Waals surface area contributed by atoms with Crippen LogP contribution < -0.4 is 14.4 Å².